The molecule has 4 heterocycles. The Bertz CT molecular complexity index is 719. The molecule has 1 N–H and O–H groups in total. The van der Waals surface area contributed by atoms with Crippen LogP contribution in [0.4, 0.5) is 0 Å². The number of carbonyl (C=O) groups excluding carboxylic acids is 2. The molecule has 2 amide bonds. The molecular weight excluding hydrogens is 368 g/mol. The first-order chi connectivity index (χ1) is 14.0. The molecule has 8 heteroatoms. The number of amides is 2. The number of nitrogens with one attached hydrogen (secondary N) is 1. The van der Waals surface area contributed by atoms with E-state index >= 15 is 0 Å². The summed E-state index contributed by atoms with van der Waals surface area (Å²) in [4.78, 5) is 41.7. The van der Waals surface area contributed by atoms with Crippen LogP contribution in [-0.2, 0) is 4.79 Å². The number of likely N-dealkylation sites (N-methyl/N-ethyl adjacent to an activating group) is 1. The number of piperidine rings is 2. The summed E-state index contributed by atoms with van der Waals surface area (Å²) in [5.74, 6) is 0.520. The predicted octanol–water partition coefficient (Wildman–Crippen LogP) is 0.809. The summed E-state index contributed by atoms with van der Waals surface area (Å²) in [6, 6.07) is 0.474. The largest absolute Gasteiger partial charge is 0.348 e. The SMILES string of the molecule is Cc1[nH]cnc1C(=O)N1CCC(N2CCC[C@H](C(=O)N3CCN(C)CC3)C2)CC1. The van der Waals surface area contributed by atoms with Crippen LogP contribution in [-0.4, -0.2) is 107 Å². The molecule has 4 rings (SSSR count). The number of carbonyl (C=O) groups is 2. The van der Waals surface area contributed by atoms with E-state index in [0.29, 0.717) is 17.6 Å². The second-order valence-corrected chi connectivity index (χ2v) is 8.86. The minimum atomic E-state index is 0.0314. The number of nitrogens with zero attached hydrogens (tertiary/aromatic N) is 5. The van der Waals surface area contributed by atoms with Gasteiger partial charge in [0.2, 0.25) is 5.91 Å². The van der Waals surface area contributed by atoms with Gasteiger partial charge in [0.15, 0.2) is 0 Å². The van der Waals surface area contributed by atoms with Crippen LogP contribution in [0.5, 0.6) is 0 Å². The van der Waals surface area contributed by atoms with Crippen molar-refractivity contribution in [3.05, 3.63) is 17.7 Å². The van der Waals surface area contributed by atoms with Crippen LogP contribution in [0.1, 0.15) is 41.9 Å². The lowest BCUT2D eigenvalue weighted by molar-refractivity contribution is -0.139. The van der Waals surface area contributed by atoms with Crippen molar-refractivity contribution in [2.24, 2.45) is 5.92 Å². The molecule has 3 saturated heterocycles. The minimum absolute atomic E-state index is 0.0314. The Morgan fingerprint density at radius 1 is 1.00 bits per heavy atom. The Balaban J connectivity index is 1.29. The molecule has 0 unspecified atom stereocenters. The zero-order chi connectivity index (χ0) is 20.4. The standard InChI is InChI=1S/C21H34N6O2/c1-16-19(23-15-22-16)21(29)25-8-5-18(6-9-25)27-7-3-4-17(14-27)20(28)26-12-10-24(2)11-13-26/h15,17-18H,3-14H2,1-2H3,(H,22,23)/t17-/m0/s1. The average molecular weight is 403 g/mol. The fraction of sp³-hybridized carbons (Fsp3) is 0.762. The maximum Gasteiger partial charge on any atom is 0.274 e. The van der Waals surface area contributed by atoms with E-state index in [9.17, 15) is 9.59 Å². The fourth-order valence-electron chi connectivity index (χ4n) is 4.98. The Labute approximate surface area is 173 Å². The monoisotopic (exact) mass is 402 g/mol. The van der Waals surface area contributed by atoms with Crippen LogP contribution >= 0.6 is 0 Å². The third kappa shape index (κ3) is 4.48. The van der Waals surface area contributed by atoms with Crippen LogP contribution < -0.4 is 0 Å². The smallest absolute Gasteiger partial charge is 0.274 e. The first kappa shape index (κ1) is 20.3. The van der Waals surface area contributed by atoms with E-state index in [4.69, 9.17) is 0 Å². The topological polar surface area (TPSA) is 75.8 Å². The summed E-state index contributed by atoms with van der Waals surface area (Å²) >= 11 is 0. The van der Waals surface area contributed by atoms with E-state index < -0.39 is 0 Å². The molecule has 1 aromatic heterocycles. The Morgan fingerprint density at radius 2 is 1.72 bits per heavy atom. The molecule has 3 fully saturated rings. The molecule has 0 bridgehead atoms. The number of rotatable bonds is 3. The molecule has 160 valence electrons. The van der Waals surface area contributed by atoms with Gasteiger partial charge in [-0.1, -0.05) is 0 Å². The Hall–Kier alpha value is -1.93. The van der Waals surface area contributed by atoms with Gasteiger partial charge in [-0.25, -0.2) is 4.98 Å². The lowest BCUT2D eigenvalue weighted by Gasteiger charge is -2.43. The van der Waals surface area contributed by atoms with Gasteiger partial charge in [0, 0.05) is 57.5 Å². The first-order valence-corrected chi connectivity index (χ1v) is 11.0. The summed E-state index contributed by atoms with van der Waals surface area (Å²) in [5.41, 5.74) is 1.37. The number of H-pyrrole nitrogens is 1. The summed E-state index contributed by atoms with van der Waals surface area (Å²) in [6.45, 7) is 9.04. The first-order valence-electron chi connectivity index (χ1n) is 11.0. The van der Waals surface area contributed by atoms with Gasteiger partial charge in [0.1, 0.15) is 5.69 Å². The van der Waals surface area contributed by atoms with Gasteiger partial charge in [-0.15, -0.1) is 0 Å². The highest BCUT2D eigenvalue weighted by atomic mass is 16.2. The van der Waals surface area contributed by atoms with Crippen LogP contribution in [0.2, 0.25) is 0 Å². The predicted molar refractivity (Wildman–Crippen MR) is 111 cm³/mol. The molecule has 0 saturated carbocycles. The summed E-state index contributed by atoms with van der Waals surface area (Å²) in [6.07, 6.45) is 5.64. The molecule has 0 spiro atoms. The van der Waals surface area contributed by atoms with Crippen LogP contribution in [0.15, 0.2) is 6.33 Å². The van der Waals surface area contributed by atoms with Crippen molar-refractivity contribution < 1.29 is 9.59 Å². The summed E-state index contributed by atoms with van der Waals surface area (Å²) in [7, 11) is 2.12. The fourth-order valence-corrected chi connectivity index (χ4v) is 4.98. The third-order valence-electron chi connectivity index (χ3n) is 6.92. The molecule has 1 aromatic rings. The number of imidazole rings is 1. The molecule has 8 nitrogen and oxygen atoms in total. The zero-order valence-corrected chi connectivity index (χ0v) is 17.8. The van der Waals surface area contributed by atoms with Crippen molar-refractivity contribution in [1.82, 2.24) is 29.6 Å². The molecule has 0 radical (unpaired) electrons. The van der Waals surface area contributed by atoms with E-state index in [2.05, 4.69) is 31.7 Å². The van der Waals surface area contributed by atoms with Crippen LogP contribution in [0.3, 0.4) is 0 Å². The van der Waals surface area contributed by atoms with Crippen molar-refractivity contribution in [1.29, 1.82) is 0 Å². The lowest BCUT2D eigenvalue weighted by Crippen LogP contribution is -2.54. The van der Waals surface area contributed by atoms with Gasteiger partial charge < -0.3 is 19.7 Å². The minimum Gasteiger partial charge on any atom is -0.348 e. The molecule has 3 aliphatic rings. The van der Waals surface area contributed by atoms with E-state index in [1.54, 1.807) is 6.33 Å². The second-order valence-electron chi connectivity index (χ2n) is 8.86. The van der Waals surface area contributed by atoms with Crippen molar-refractivity contribution in [2.75, 3.05) is 59.4 Å². The Morgan fingerprint density at radius 3 is 2.38 bits per heavy atom. The van der Waals surface area contributed by atoms with Gasteiger partial charge in [-0.3, -0.25) is 14.5 Å². The van der Waals surface area contributed by atoms with Gasteiger partial charge in [-0.2, -0.15) is 0 Å². The molecule has 0 aliphatic carbocycles. The van der Waals surface area contributed by atoms with E-state index in [1.165, 1.54) is 0 Å². The van der Waals surface area contributed by atoms with E-state index in [0.717, 1.165) is 83.7 Å². The highest BCUT2D eigenvalue weighted by molar-refractivity contribution is 5.93. The lowest BCUT2D eigenvalue weighted by atomic mass is 9.92. The van der Waals surface area contributed by atoms with Crippen molar-refractivity contribution in [3.63, 3.8) is 0 Å². The van der Waals surface area contributed by atoms with Gasteiger partial charge in [0.05, 0.1) is 12.2 Å². The van der Waals surface area contributed by atoms with Gasteiger partial charge in [-0.05, 0) is 46.2 Å². The van der Waals surface area contributed by atoms with Crippen LogP contribution in [0, 0.1) is 12.8 Å². The summed E-state index contributed by atoms with van der Waals surface area (Å²) in [5, 5.41) is 0. The molecule has 3 aliphatic heterocycles. The Kier molecular flexibility index (Phi) is 6.20. The molecule has 29 heavy (non-hydrogen) atoms. The van der Waals surface area contributed by atoms with Crippen LogP contribution in [0.25, 0.3) is 0 Å². The number of aryl methyl sites for hydroxylation is 1. The van der Waals surface area contributed by atoms with Crippen molar-refractivity contribution in [3.8, 4) is 0 Å². The molecule has 1 atom stereocenters. The van der Waals surface area contributed by atoms with Gasteiger partial charge >= 0.3 is 0 Å². The summed E-state index contributed by atoms with van der Waals surface area (Å²) < 4.78 is 0. The molecule has 0 aromatic carbocycles. The van der Waals surface area contributed by atoms with Crippen molar-refractivity contribution >= 4 is 11.8 Å². The number of aromatic amines is 1. The van der Waals surface area contributed by atoms with Crippen molar-refractivity contribution in [2.45, 2.75) is 38.6 Å². The number of likely N-dealkylation sites (tertiary alicyclic amines) is 2. The maximum atomic E-state index is 13.0. The molecular formula is C21H34N6O2. The number of hydrogen-bond donors (Lipinski definition) is 1. The van der Waals surface area contributed by atoms with E-state index in [1.807, 2.05) is 11.8 Å². The van der Waals surface area contributed by atoms with Gasteiger partial charge in [0.25, 0.3) is 5.91 Å². The quantitative estimate of drug-likeness (QED) is 0.810. The highest BCUT2D eigenvalue weighted by Crippen LogP contribution is 2.26. The number of piperazine rings is 1. The normalized spacial score (nSPS) is 25.4. The number of hydrogen-bond acceptors (Lipinski definition) is 5. The van der Waals surface area contributed by atoms with E-state index in [-0.39, 0.29) is 11.8 Å². The zero-order valence-electron chi connectivity index (χ0n) is 17.8. The third-order valence-corrected chi connectivity index (χ3v) is 6.92. The second kappa shape index (κ2) is 8.83. The number of aromatic nitrogens is 2. The maximum absolute atomic E-state index is 13.0. The average Bonchev–Trinajstić information content (AvgIpc) is 3.19. The highest BCUT2D eigenvalue weighted by Gasteiger charge is 2.35.